The first-order valence-electron chi connectivity index (χ1n) is 12.9. The van der Waals surface area contributed by atoms with Gasteiger partial charge in [0.1, 0.15) is 13.2 Å². The van der Waals surface area contributed by atoms with Crippen LogP contribution >= 0.6 is 7.82 Å². The summed E-state index contributed by atoms with van der Waals surface area (Å²) in [4.78, 5) is 9.93. The minimum Gasteiger partial charge on any atom is -0.376 e. The first-order chi connectivity index (χ1) is 15.6. The van der Waals surface area contributed by atoms with Crippen LogP contribution in [0.15, 0.2) is 12.2 Å². The predicted molar refractivity (Wildman–Crippen MR) is 138 cm³/mol. The number of rotatable bonds is 23. The highest BCUT2D eigenvalue weighted by molar-refractivity contribution is 7.47. The van der Waals surface area contributed by atoms with E-state index in [0.29, 0.717) is 11.0 Å². The lowest BCUT2D eigenvalue weighted by Crippen LogP contribution is -2.41. The quantitative estimate of drug-likeness (QED) is 0.0825. The molecule has 3 atom stereocenters. The number of hydrogen-bond acceptors (Lipinski definition) is 5. The molecule has 0 fully saturated rings. The number of unbranched alkanes of at least 4 members (excludes halogenated alkanes) is 11. The fourth-order valence-corrected chi connectivity index (χ4v) is 4.25. The Balaban J connectivity index is 4.05. The van der Waals surface area contributed by atoms with Crippen LogP contribution < -0.4 is 5.32 Å². The number of nitrogens with zero attached hydrogens (tertiary/aromatic N) is 1. The summed E-state index contributed by atoms with van der Waals surface area (Å²) in [6.45, 7) is 3.06. The highest BCUT2D eigenvalue weighted by Gasteiger charge is 2.26. The number of phosphoric ester groups is 1. The van der Waals surface area contributed by atoms with E-state index < -0.39 is 7.82 Å². The lowest BCUT2D eigenvalue weighted by atomic mass is 10.0. The second-order valence-corrected chi connectivity index (χ2v) is 11.4. The molecular formula is C25H54N2O5P+. The fraction of sp³-hybridized carbons (Fsp3) is 0.920. The summed E-state index contributed by atoms with van der Waals surface area (Å²) in [6, 6.07) is -0.244. The third-order valence-corrected chi connectivity index (χ3v) is 6.76. The molecule has 0 aliphatic carbocycles. The van der Waals surface area contributed by atoms with E-state index in [4.69, 9.17) is 13.8 Å². The van der Waals surface area contributed by atoms with Crippen molar-refractivity contribution in [2.24, 2.45) is 0 Å². The smallest absolute Gasteiger partial charge is 0.376 e. The first kappa shape index (κ1) is 32.7. The molecule has 0 rings (SSSR count). The van der Waals surface area contributed by atoms with Crippen LogP contribution in [0.5, 0.6) is 0 Å². The molecule has 0 amide bonds. The molecule has 2 N–H and O–H groups in total. The van der Waals surface area contributed by atoms with Crippen molar-refractivity contribution in [1.82, 2.24) is 5.32 Å². The van der Waals surface area contributed by atoms with Gasteiger partial charge in [0.2, 0.25) is 0 Å². The Morgan fingerprint density at radius 1 is 0.939 bits per heavy atom. The maximum atomic E-state index is 12.1. The number of allylic oxidation sites excluding steroid dienone is 1. The Morgan fingerprint density at radius 2 is 1.48 bits per heavy atom. The standard InChI is InChI=1S/C25H53N2O5P/c1-7-8-9-10-11-12-13-14-15-16-17-18-19-20-25(30-6)24(26-2)23-32-33(28,29)31-22-21-27(3,4)5/h19-20,24-26H,7-18,21-23H2,1-6H3/p+1/b20-19+/t24-,25+/m0/s1. The fourth-order valence-electron chi connectivity index (χ4n) is 3.52. The largest absolute Gasteiger partial charge is 0.472 e. The van der Waals surface area contributed by atoms with Crippen molar-refractivity contribution in [1.29, 1.82) is 0 Å². The lowest BCUT2D eigenvalue weighted by Gasteiger charge is -2.25. The van der Waals surface area contributed by atoms with Gasteiger partial charge in [0, 0.05) is 7.11 Å². The minimum absolute atomic E-state index is 0.0238. The molecule has 0 aliphatic rings. The molecular weight excluding hydrogens is 439 g/mol. The number of ether oxygens (including phenoxy) is 1. The summed E-state index contributed by atoms with van der Waals surface area (Å²) >= 11 is 0. The summed E-state index contributed by atoms with van der Waals surface area (Å²) in [7, 11) is 5.33. The van der Waals surface area contributed by atoms with Gasteiger partial charge >= 0.3 is 7.82 Å². The van der Waals surface area contributed by atoms with E-state index in [1.165, 1.54) is 70.6 Å². The molecule has 0 aromatic carbocycles. The van der Waals surface area contributed by atoms with Crippen molar-refractivity contribution in [3.05, 3.63) is 12.2 Å². The predicted octanol–water partition coefficient (Wildman–Crippen LogP) is 5.69. The Bertz CT molecular complexity index is 525. The number of nitrogens with one attached hydrogen (secondary N) is 1. The molecule has 0 spiro atoms. The third kappa shape index (κ3) is 20.8. The Labute approximate surface area is 204 Å². The van der Waals surface area contributed by atoms with Crippen molar-refractivity contribution in [3.63, 3.8) is 0 Å². The Morgan fingerprint density at radius 3 is 1.97 bits per heavy atom. The van der Waals surface area contributed by atoms with Crippen LogP contribution in [0.25, 0.3) is 0 Å². The average molecular weight is 494 g/mol. The van der Waals surface area contributed by atoms with E-state index in [1.807, 2.05) is 27.2 Å². The molecule has 0 aromatic heterocycles. The van der Waals surface area contributed by atoms with Gasteiger partial charge in [-0.25, -0.2) is 4.57 Å². The SMILES string of the molecule is CCCCCCCCCCCCC/C=C/[C@@H](OC)[C@H](COP(=O)(O)OCC[N+](C)(C)C)NC. The van der Waals surface area contributed by atoms with Crippen molar-refractivity contribution in [2.45, 2.75) is 96.1 Å². The van der Waals surface area contributed by atoms with E-state index in [9.17, 15) is 9.46 Å². The molecule has 0 saturated heterocycles. The lowest BCUT2D eigenvalue weighted by molar-refractivity contribution is -0.870. The van der Waals surface area contributed by atoms with Crippen LogP contribution in [-0.4, -0.2) is 76.6 Å². The molecule has 1 unspecified atom stereocenters. The molecule has 0 bridgehead atoms. The van der Waals surface area contributed by atoms with Crippen LogP contribution in [0.1, 0.15) is 84.0 Å². The molecule has 8 heteroatoms. The highest BCUT2D eigenvalue weighted by atomic mass is 31.2. The third-order valence-electron chi connectivity index (χ3n) is 5.77. The maximum Gasteiger partial charge on any atom is 0.472 e. The highest BCUT2D eigenvalue weighted by Crippen LogP contribution is 2.43. The van der Waals surface area contributed by atoms with Gasteiger partial charge in [0.05, 0.1) is 39.9 Å². The molecule has 0 aliphatic heterocycles. The molecule has 0 saturated carbocycles. The second-order valence-electron chi connectivity index (χ2n) is 9.96. The zero-order valence-corrected chi connectivity index (χ0v) is 23.3. The van der Waals surface area contributed by atoms with Crippen molar-refractivity contribution >= 4 is 7.82 Å². The van der Waals surface area contributed by atoms with Gasteiger partial charge in [-0.05, 0) is 19.9 Å². The van der Waals surface area contributed by atoms with E-state index in [2.05, 4.69) is 18.3 Å². The van der Waals surface area contributed by atoms with Crippen LogP contribution in [0, 0.1) is 0 Å². The summed E-state index contributed by atoms with van der Waals surface area (Å²) in [5.41, 5.74) is 0. The van der Waals surface area contributed by atoms with Gasteiger partial charge in [0.25, 0.3) is 0 Å². The molecule has 0 radical (unpaired) electrons. The Kier molecular flexibility index (Phi) is 19.8. The van der Waals surface area contributed by atoms with Gasteiger partial charge in [-0.1, -0.05) is 83.3 Å². The number of likely N-dealkylation sites (N-methyl/N-ethyl adjacent to an activating group) is 2. The average Bonchev–Trinajstić information content (AvgIpc) is 2.74. The van der Waals surface area contributed by atoms with Crippen LogP contribution in [0.4, 0.5) is 0 Å². The number of hydrogen-bond donors (Lipinski definition) is 2. The zero-order valence-electron chi connectivity index (χ0n) is 22.4. The van der Waals surface area contributed by atoms with E-state index in [-0.39, 0.29) is 25.4 Å². The minimum atomic E-state index is -4.09. The van der Waals surface area contributed by atoms with Gasteiger partial charge in [-0.15, -0.1) is 0 Å². The first-order valence-corrected chi connectivity index (χ1v) is 14.4. The number of methoxy groups -OCH3 is 1. The van der Waals surface area contributed by atoms with E-state index in [1.54, 1.807) is 14.2 Å². The van der Waals surface area contributed by atoms with Gasteiger partial charge in [0.15, 0.2) is 0 Å². The molecule has 7 nitrogen and oxygen atoms in total. The summed E-state index contributed by atoms with van der Waals surface area (Å²) in [5, 5.41) is 3.11. The van der Waals surface area contributed by atoms with Gasteiger partial charge in [-0.3, -0.25) is 9.05 Å². The van der Waals surface area contributed by atoms with Crippen molar-refractivity contribution in [2.75, 3.05) is 55.1 Å². The molecule has 0 heterocycles. The van der Waals surface area contributed by atoms with Gasteiger partial charge in [-0.2, -0.15) is 0 Å². The van der Waals surface area contributed by atoms with Crippen molar-refractivity contribution in [3.8, 4) is 0 Å². The summed E-state index contributed by atoms with van der Waals surface area (Å²) in [5.74, 6) is 0. The second kappa shape index (κ2) is 20.0. The topological polar surface area (TPSA) is 77.0 Å². The number of phosphoric acid groups is 1. The Hall–Kier alpha value is -0.270. The van der Waals surface area contributed by atoms with Crippen LogP contribution in [0.3, 0.4) is 0 Å². The monoisotopic (exact) mass is 493 g/mol. The maximum absolute atomic E-state index is 12.1. The molecule has 0 aromatic rings. The van der Waals surface area contributed by atoms with E-state index in [0.717, 1.165) is 6.42 Å². The van der Waals surface area contributed by atoms with Crippen LogP contribution in [-0.2, 0) is 18.3 Å². The molecule has 33 heavy (non-hydrogen) atoms. The van der Waals surface area contributed by atoms with Gasteiger partial charge < -0.3 is 19.4 Å². The molecule has 198 valence electrons. The number of quaternary nitrogens is 1. The van der Waals surface area contributed by atoms with Crippen LogP contribution in [0.2, 0.25) is 0 Å². The zero-order chi connectivity index (χ0) is 25.0. The summed E-state index contributed by atoms with van der Waals surface area (Å²) < 4.78 is 28.6. The normalized spacial score (nSPS) is 16.2. The van der Waals surface area contributed by atoms with Crippen molar-refractivity contribution < 1.29 is 27.7 Å². The summed E-state index contributed by atoms with van der Waals surface area (Å²) in [6.07, 6.45) is 19.7. The van der Waals surface area contributed by atoms with E-state index >= 15 is 0 Å².